The highest BCUT2D eigenvalue weighted by Gasteiger charge is 2.23. The molecule has 1 unspecified atom stereocenters. The van der Waals surface area contributed by atoms with Crippen molar-refractivity contribution in [3.05, 3.63) is 0 Å². The van der Waals surface area contributed by atoms with Crippen LogP contribution in [0, 0.1) is 5.92 Å². The molecule has 1 amide bonds. The van der Waals surface area contributed by atoms with Gasteiger partial charge in [0.15, 0.2) is 0 Å². The number of likely N-dealkylation sites (tertiary alicyclic amines) is 1. The number of carbonyl (C=O) groups is 1. The highest BCUT2D eigenvalue weighted by molar-refractivity contribution is 5.76. The fourth-order valence-electron chi connectivity index (χ4n) is 2.21. The molecule has 0 saturated carbocycles. The predicted molar refractivity (Wildman–Crippen MR) is 67.1 cm³/mol. The number of rotatable bonds is 4. The number of hydrogen-bond acceptors (Lipinski definition) is 2. The molecule has 0 aromatic rings. The van der Waals surface area contributed by atoms with Gasteiger partial charge in [0.2, 0.25) is 5.91 Å². The number of amides is 1. The van der Waals surface area contributed by atoms with Gasteiger partial charge in [0, 0.05) is 25.0 Å². The number of nitrogens with zero attached hydrogens (tertiary/aromatic N) is 1. The monoisotopic (exact) mass is 226 g/mol. The van der Waals surface area contributed by atoms with E-state index in [1.165, 1.54) is 12.8 Å². The smallest absolute Gasteiger partial charge is 0.222 e. The van der Waals surface area contributed by atoms with Crippen molar-refractivity contribution in [3.63, 3.8) is 0 Å². The van der Waals surface area contributed by atoms with Gasteiger partial charge in [-0.1, -0.05) is 13.3 Å². The normalized spacial score (nSPS) is 22.2. The van der Waals surface area contributed by atoms with Crippen molar-refractivity contribution >= 4 is 5.91 Å². The number of hydrogen-bond donors (Lipinski definition) is 1. The van der Waals surface area contributed by atoms with E-state index in [1.807, 2.05) is 18.7 Å². The molecule has 1 fully saturated rings. The van der Waals surface area contributed by atoms with E-state index in [4.69, 9.17) is 5.73 Å². The van der Waals surface area contributed by atoms with Gasteiger partial charge < -0.3 is 10.6 Å². The van der Waals surface area contributed by atoms with Crippen molar-refractivity contribution in [2.45, 2.75) is 58.4 Å². The Kier molecular flexibility index (Phi) is 4.78. The Bertz CT molecular complexity index is 233. The predicted octanol–water partition coefficient (Wildman–Crippen LogP) is 2.15. The largest absolute Gasteiger partial charge is 0.342 e. The van der Waals surface area contributed by atoms with Gasteiger partial charge in [-0.25, -0.2) is 0 Å². The minimum absolute atomic E-state index is 0.227. The Morgan fingerprint density at radius 1 is 1.50 bits per heavy atom. The van der Waals surface area contributed by atoms with Crippen molar-refractivity contribution < 1.29 is 4.79 Å². The minimum Gasteiger partial charge on any atom is -0.342 e. The van der Waals surface area contributed by atoms with Gasteiger partial charge in [0.25, 0.3) is 0 Å². The second-order valence-electron chi connectivity index (χ2n) is 5.74. The molecule has 1 saturated heterocycles. The molecule has 0 radical (unpaired) electrons. The van der Waals surface area contributed by atoms with Crippen LogP contribution in [0.1, 0.15) is 52.9 Å². The van der Waals surface area contributed by atoms with Crippen LogP contribution in [0.5, 0.6) is 0 Å². The van der Waals surface area contributed by atoms with Crippen LogP contribution >= 0.6 is 0 Å². The van der Waals surface area contributed by atoms with Crippen LogP contribution in [-0.2, 0) is 4.79 Å². The molecule has 2 N–H and O–H groups in total. The molecule has 1 atom stereocenters. The lowest BCUT2D eigenvalue weighted by Crippen LogP contribution is -2.41. The van der Waals surface area contributed by atoms with E-state index in [0.29, 0.717) is 12.3 Å². The van der Waals surface area contributed by atoms with Gasteiger partial charge in [-0.2, -0.15) is 0 Å². The van der Waals surface area contributed by atoms with Crippen molar-refractivity contribution in [1.29, 1.82) is 0 Å². The molecule has 3 nitrogen and oxygen atoms in total. The van der Waals surface area contributed by atoms with Crippen molar-refractivity contribution in [3.8, 4) is 0 Å². The minimum atomic E-state index is -0.227. The summed E-state index contributed by atoms with van der Waals surface area (Å²) in [5, 5.41) is 0. The molecule has 16 heavy (non-hydrogen) atoms. The molecule has 0 bridgehead atoms. The molecule has 3 heteroatoms. The maximum absolute atomic E-state index is 12.0. The van der Waals surface area contributed by atoms with Crippen LogP contribution in [0.4, 0.5) is 0 Å². The highest BCUT2D eigenvalue weighted by Crippen LogP contribution is 2.20. The van der Waals surface area contributed by atoms with E-state index in [9.17, 15) is 4.79 Å². The topological polar surface area (TPSA) is 46.3 Å². The summed E-state index contributed by atoms with van der Waals surface area (Å²) in [6.07, 6.45) is 5.00. The summed E-state index contributed by atoms with van der Waals surface area (Å²) in [6, 6.07) is 0. The van der Waals surface area contributed by atoms with E-state index < -0.39 is 0 Å². The molecule has 0 spiro atoms. The Morgan fingerprint density at radius 3 is 2.75 bits per heavy atom. The van der Waals surface area contributed by atoms with Gasteiger partial charge in [0.05, 0.1) is 0 Å². The average molecular weight is 226 g/mol. The van der Waals surface area contributed by atoms with Crippen LogP contribution < -0.4 is 5.73 Å². The molecule has 94 valence electrons. The fourth-order valence-corrected chi connectivity index (χ4v) is 2.21. The Balaban J connectivity index is 2.36. The molecule has 1 heterocycles. The summed E-state index contributed by atoms with van der Waals surface area (Å²) in [5.74, 6) is 1.00. The molecule has 1 aliphatic rings. The Morgan fingerprint density at radius 2 is 2.19 bits per heavy atom. The van der Waals surface area contributed by atoms with E-state index >= 15 is 0 Å². The first kappa shape index (κ1) is 13.5. The van der Waals surface area contributed by atoms with Gasteiger partial charge in [0.1, 0.15) is 0 Å². The summed E-state index contributed by atoms with van der Waals surface area (Å²) >= 11 is 0. The van der Waals surface area contributed by atoms with Crippen LogP contribution in [0.15, 0.2) is 0 Å². The second kappa shape index (κ2) is 5.67. The van der Waals surface area contributed by atoms with Crippen LogP contribution in [-0.4, -0.2) is 29.4 Å². The van der Waals surface area contributed by atoms with E-state index in [0.717, 1.165) is 25.9 Å². The average Bonchev–Trinajstić information content (AvgIpc) is 2.25. The van der Waals surface area contributed by atoms with Crippen molar-refractivity contribution in [1.82, 2.24) is 4.90 Å². The first-order valence-corrected chi connectivity index (χ1v) is 6.49. The first-order valence-electron chi connectivity index (χ1n) is 6.49. The highest BCUT2D eigenvalue weighted by atomic mass is 16.2. The zero-order chi connectivity index (χ0) is 12.2. The summed E-state index contributed by atoms with van der Waals surface area (Å²) < 4.78 is 0. The first-order chi connectivity index (χ1) is 7.42. The van der Waals surface area contributed by atoms with Crippen molar-refractivity contribution in [2.75, 3.05) is 13.1 Å². The molecule has 0 aromatic carbocycles. The summed E-state index contributed by atoms with van der Waals surface area (Å²) in [6.45, 7) is 8.07. The zero-order valence-electron chi connectivity index (χ0n) is 11.0. The molecule has 0 aliphatic carbocycles. The number of nitrogens with two attached hydrogens (primary N) is 1. The maximum atomic E-state index is 12.0. The van der Waals surface area contributed by atoms with E-state index in [-0.39, 0.29) is 11.4 Å². The zero-order valence-corrected chi connectivity index (χ0v) is 11.0. The molecular formula is C13H26N2O. The second-order valence-corrected chi connectivity index (χ2v) is 5.74. The van der Waals surface area contributed by atoms with Crippen molar-refractivity contribution in [2.24, 2.45) is 11.7 Å². The fraction of sp³-hybridized carbons (Fsp3) is 0.923. The van der Waals surface area contributed by atoms with Gasteiger partial charge in [-0.3, -0.25) is 4.79 Å². The van der Waals surface area contributed by atoms with Gasteiger partial charge >= 0.3 is 0 Å². The summed E-state index contributed by atoms with van der Waals surface area (Å²) in [4.78, 5) is 14.0. The summed E-state index contributed by atoms with van der Waals surface area (Å²) in [7, 11) is 0. The third-order valence-electron chi connectivity index (χ3n) is 3.43. The molecular weight excluding hydrogens is 200 g/mol. The third-order valence-corrected chi connectivity index (χ3v) is 3.43. The Hall–Kier alpha value is -0.570. The van der Waals surface area contributed by atoms with Gasteiger partial charge in [-0.15, -0.1) is 0 Å². The summed E-state index contributed by atoms with van der Waals surface area (Å²) in [5.41, 5.74) is 5.67. The lowest BCUT2D eigenvalue weighted by atomic mass is 9.94. The van der Waals surface area contributed by atoms with E-state index in [2.05, 4.69) is 6.92 Å². The molecule has 0 aromatic heterocycles. The van der Waals surface area contributed by atoms with Crippen LogP contribution in [0.3, 0.4) is 0 Å². The van der Waals surface area contributed by atoms with E-state index in [1.54, 1.807) is 0 Å². The Labute approximate surface area is 99.4 Å². The molecule has 1 aliphatic heterocycles. The number of piperidine rings is 1. The van der Waals surface area contributed by atoms with Crippen LogP contribution in [0.25, 0.3) is 0 Å². The molecule has 1 rings (SSSR count). The maximum Gasteiger partial charge on any atom is 0.222 e. The lowest BCUT2D eigenvalue weighted by Gasteiger charge is -2.33. The lowest BCUT2D eigenvalue weighted by molar-refractivity contribution is -0.133. The SMILES string of the molecule is CCC1CCCN(C(=O)CCC(C)(C)N)C1. The van der Waals surface area contributed by atoms with Crippen LogP contribution in [0.2, 0.25) is 0 Å². The van der Waals surface area contributed by atoms with Gasteiger partial charge in [-0.05, 0) is 39.0 Å². The quantitative estimate of drug-likeness (QED) is 0.798. The number of carbonyl (C=O) groups excluding carboxylic acids is 1. The third kappa shape index (κ3) is 4.52. The standard InChI is InChI=1S/C13H26N2O/c1-4-11-6-5-9-15(10-11)12(16)7-8-13(2,3)14/h11H,4-10,14H2,1-3H3.